The van der Waals surface area contributed by atoms with Gasteiger partial charge in [0.25, 0.3) is 0 Å². The predicted molar refractivity (Wildman–Crippen MR) is 66.9 cm³/mol. The molecular weight excluding hydrogens is 286 g/mol. The molecule has 2 rings (SSSR count). The lowest BCUT2D eigenvalue weighted by molar-refractivity contribution is -0.389. The number of benzene rings is 1. The van der Waals surface area contributed by atoms with Gasteiger partial charge < -0.3 is 10.1 Å². The normalized spacial score (nSPS) is 10.5. The van der Waals surface area contributed by atoms with Crippen molar-refractivity contribution in [2.75, 3.05) is 0 Å². The number of rotatable bonds is 3. The summed E-state index contributed by atoms with van der Waals surface area (Å²) in [7, 11) is 0. The number of hydrogen-bond acceptors (Lipinski definition) is 3. The van der Waals surface area contributed by atoms with Crippen molar-refractivity contribution in [1.82, 2.24) is 9.78 Å². The molecule has 0 amide bonds. The van der Waals surface area contributed by atoms with Crippen molar-refractivity contribution in [3.63, 3.8) is 0 Å². The third kappa shape index (κ3) is 2.71. The molecule has 6 heteroatoms. The van der Waals surface area contributed by atoms with Crippen LogP contribution in [-0.2, 0) is 6.54 Å². The zero-order valence-corrected chi connectivity index (χ0v) is 10.7. The number of nitrogens with zero attached hydrogens (tertiary/aromatic N) is 3. The van der Waals surface area contributed by atoms with Gasteiger partial charge in [-0.25, -0.2) is 0 Å². The quantitative estimate of drug-likeness (QED) is 0.646. The van der Waals surface area contributed by atoms with Crippen molar-refractivity contribution in [3.05, 3.63) is 56.2 Å². The first kappa shape index (κ1) is 11.8. The highest BCUT2D eigenvalue weighted by Gasteiger charge is 2.15. The van der Waals surface area contributed by atoms with E-state index in [2.05, 4.69) is 21.0 Å². The van der Waals surface area contributed by atoms with Crippen molar-refractivity contribution in [1.29, 1.82) is 0 Å². The summed E-state index contributed by atoms with van der Waals surface area (Å²) < 4.78 is 2.63. The van der Waals surface area contributed by atoms with Crippen LogP contribution in [0.4, 0.5) is 5.82 Å². The Morgan fingerprint density at radius 1 is 1.41 bits per heavy atom. The van der Waals surface area contributed by atoms with E-state index in [0.29, 0.717) is 6.54 Å². The standard InChI is InChI=1S/C11H10BrN3O2/c1-8-6-11(15(16)17)13-14(8)7-9-2-4-10(12)5-3-9/h2-6H,7H2,1H3. The Hall–Kier alpha value is -1.69. The van der Waals surface area contributed by atoms with Crippen molar-refractivity contribution in [3.8, 4) is 0 Å². The number of aromatic nitrogens is 2. The van der Waals surface area contributed by atoms with Gasteiger partial charge >= 0.3 is 5.82 Å². The summed E-state index contributed by atoms with van der Waals surface area (Å²) >= 11 is 3.36. The van der Waals surface area contributed by atoms with Gasteiger partial charge in [-0.3, -0.25) is 0 Å². The van der Waals surface area contributed by atoms with Gasteiger partial charge in [-0.2, -0.15) is 4.68 Å². The maximum Gasteiger partial charge on any atom is 0.390 e. The van der Waals surface area contributed by atoms with E-state index in [0.717, 1.165) is 15.7 Å². The van der Waals surface area contributed by atoms with E-state index < -0.39 is 4.92 Å². The van der Waals surface area contributed by atoms with Crippen molar-refractivity contribution in [2.45, 2.75) is 13.5 Å². The summed E-state index contributed by atoms with van der Waals surface area (Å²) in [6.45, 7) is 2.34. The molecule has 0 spiro atoms. The molecule has 1 aromatic heterocycles. The maximum absolute atomic E-state index is 10.6. The second-order valence-electron chi connectivity index (χ2n) is 3.69. The monoisotopic (exact) mass is 295 g/mol. The summed E-state index contributed by atoms with van der Waals surface area (Å²) in [6.07, 6.45) is 0. The Labute approximate surface area is 106 Å². The zero-order valence-electron chi connectivity index (χ0n) is 9.13. The molecule has 5 nitrogen and oxygen atoms in total. The van der Waals surface area contributed by atoms with Gasteiger partial charge in [0.2, 0.25) is 0 Å². The van der Waals surface area contributed by atoms with E-state index >= 15 is 0 Å². The molecule has 0 aliphatic rings. The first-order valence-corrected chi connectivity index (χ1v) is 5.79. The Morgan fingerprint density at radius 2 is 2.06 bits per heavy atom. The highest BCUT2D eigenvalue weighted by atomic mass is 79.9. The van der Waals surface area contributed by atoms with Crippen LogP contribution in [0.15, 0.2) is 34.8 Å². The van der Waals surface area contributed by atoms with Crippen molar-refractivity contribution < 1.29 is 4.92 Å². The minimum absolute atomic E-state index is 0.111. The molecule has 17 heavy (non-hydrogen) atoms. The summed E-state index contributed by atoms with van der Waals surface area (Å²) in [5, 5.41) is 14.5. The number of aryl methyl sites for hydroxylation is 1. The number of halogens is 1. The van der Waals surface area contributed by atoms with Crippen LogP contribution < -0.4 is 0 Å². The van der Waals surface area contributed by atoms with Crippen LogP contribution in [0.1, 0.15) is 11.3 Å². The van der Waals surface area contributed by atoms with E-state index in [1.165, 1.54) is 6.07 Å². The number of hydrogen-bond donors (Lipinski definition) is 0. The number of nitro groups is 1. The van der Waals surface area contributed by atoms with Gasteiger partial charge in [-0.15, -0.1) is 0 Å². The molecule has 0 aliphatic carbocycles. The van der Waals surface area contributed by atoms with E-state index in [9.17, 15) is 10.1 Å². The molecule has 0 saturated heterocycles. The van der Waals surface area contributed by atoms with Gasteiger partial charge in [0.15, 0.2) is 0 Å². The SMILES string of the molecule is Cc1cc([N+](=O)[O-])nn1Cc1ccc(Br)cc1. The molecule has 88 valence electrons. The lowest BCUT2D eigenvalue weighted by atomic mass is 10.2. The average molecular weight is 296 g/mol. The van der Waals surface area contributed by atoms with Gasteiger partial charge in [0.05, 0.1) is 23.4 Å². The molecule has 1 heterocycles. The topological polar surface area (TPSA) is 61.0 Å². The molecule has 0 radical (unpaired) electrons. The average Bonchev–Trinajstić information content (AvgIpc) is 2.64. The minimum Gasteiger partial charge on any atom is -0.358 e. The van der Waals surface area contributed by atoms with Crippen LogP contribution in [-0.4, -0.2) is 14.7 Å². The third-order valence-electron chi connectivity index (χ3n) is 2.40. The van der Waals surface area contributed by atoms with Crippen LogP contribution in [0.2, 0.25) is 0 Å². The fourth-order valence-electron chi connectivity index (χ4n) is 1.50. The fourth-order valence-corrected chi connectivity index (χ4v) is 1.77. The summed E-state index contributed by atoms with van der Waals surface area (Å²) in [4.78, 5) is 10.1. The molecule has 0 atom stereocenters. The lowest BCUT2D eigenvalue weighted by Crippen LogP contribution is -2.04. The summed E-state index contributed by atoms with van der Waals surface area (Å²) in [6, 6.07) is 9.25. The predicted octanol–water partition coefficient (Wildman–Crippen LogP) is 2.91. The third-order valence-corrected chi connectivity index (χ3v) is 2.93. The van der Waals surface area contributed by atoms with E-state index in [1.807, 2.05) is 24.3 Å². The lowest BCUT2D eigenvalue weighted by Gasteiger charge is -2.00. The van der Waals surface area contributed by atoms with Gasteiger partial charge in [0, 0.05) is 4.47 Å². The summed E-state index contributed by atoms with van der Waals surface area (Å²) in [5.74, 6) is -0.111. The molecule has 0 aliphatic heterocycles. The molecule has 2 aromatic rings. The Kier molecular flexibility index (Phi) is 3.23. The van der Waals surface area contributed by atoms with Crippen LogP contribution in [0.25, 0.3) is 0 Å². The second kappa shape index (κ2) is 4.67. The van der Waals surface area contributed by atoms with Crippen molar-refractivity contribution >= 4 is 21.7 Å². The van der Waals surface area contributed by atoms with Gasteiger partial charge in [-0.1, -0.05) is 28.1 Å². The van der Waals surface area contributed by atoms with Crippen LogP contribution >= 0.6 is 15.9 Å². The molecule has 0 bridgehead atoms. The largest absolute Gasteiger partial charge is 0.390 e. The Bertz CT molecular complexity index is 548. The first-order chi connectivity index (χ1) is 8.06. The minimum atomic E-state index is -0.481. The fraction of sp³-hybridized carbons (Fsp3) is 0.182. The van der Waals surface area contributed by atoms with Crippen LogP contribution in [0.5, 0.6) is 0 Å². The van der Waals surface area contributed by atoms with Gasteiger partial charge in [-0.05, 0) is 29.5 Å². The smallest absolute Gasteiger partial charge is 0.358 e. The highest BCUT2D eigenvalue weighted by Crippen LogP contribution is 2.15. The Morgan fingerprint density at radius 3 is 2.59 bits per heavy atom. The van der Waals surface area contributed by atoms with Crippen LogP contribution in [0.3, 0.4) is 0 Å². The molecule has 0 fully saturated rings. The Balaban J connectivity index is 2.24. The molecule has 0 saturated carbocycles. The van der Waals surface area contributed by atoms with E-state index in [-0.39, 0.29) is 5.82 Å². The van der Waals surface area contributed by atoms with Crippen LogP contribution in [0, 0.1) is 17.0 Å². The van der Waals surface area contributed by atoms with Gasteiger partial charge in [0.1, 0.15) is 0 Å². The molecular formula is C11H10BrN3O2. The highest BCUT2D eigenvalue weighted by molar-refractivity contribution is 9.10. The maximum atomic E-state index is 10.6. The summed E-state index contributed by atoms with van der Waals surface area (Å²) in [5.41, 5.74) is 1.83. The second-order valence-corrected chi connectivity index (χ2v) is 4.60. The first-order valence-electron chi connectivity index (χ1n) is 4.99. The van der Waals surface area contributed by atoms with E-state index in [1.54, 1.807) is 11.6 Å². The zero-order chi connectivity index (χ0) is 12.4. The molecule has 0 unspecified atom stereocenters. The van der Waals surface area contributed by atoms with Crippen molar-refractivity contribution in [2.24, 2.45) is 0 Å². The molecule has 0 N–H and O–H groups in total. The van der Waals surface area contributed by atoms with E-state index in [4.69, 9.17) is 0 Å². The molecule has 1 aromatic carbocycles.